The monoisotopic (exact) mass is 258 g/mol. The van der Waals surface area contributed by atoms with Crippen molar-refractivity contribution in [1.82, 2.24) is 0 Å². The van der Waals surface area contributed by atoms with Crippen LogP contribution in [0.4, 0.5) is 4.39 Å². The van der Waals surface area contributed by atoms with Crippen LogP contribution in [0.15, 0.2) is 34.8 Å². The smallest absolute Gasteiger partial charge is 0.133 e. The maximum atomic E-state index is 12.7. The molecule has 14 heavy (non-hydrogen) atoms. The van der Waals surface area contributed by atoms with Crippen molar-refractivity contribution in [2.45, 2.75) is 13.3 Å². The van der Waals surface area contributed by atoms with E-state index < -0.39 is 0 Å². The molecule has 0 N–H and O–H groups in total. The molecule has 3 heteroatoms. The van der Waals surface area contributed by atoms with Gasteiger partial charge in [0, 0.05) is 6.42 Å². The zero-order chi connectivity index (χ0) is 10.6. The van der Waals surface area contributed by atoms with Gasteiger partial charge in [0.25, 0.3) is 0 Å². The predicted octanol–water partition coefficient (Wildman–Crippen LogP) is 3.93. The van der Waals surface area contributed by atoms with E-state index in [0.29, 0.717) is 16.8 Å². The molecule has 1 nitrogen and oxygen atoms in total. The number of ether oxygens (including phenoxy) is 1. The third-order valence-corrected chi connectivity index (χ3v) is 2.30. The molecule has 0 saturated carbocycles. The Bertz CT molecular complexity index is 336. The zero-order valence-corrected chi connectivity index (χ0v) is 9.60. The zero-order valence-electron chi connectivity index (χ0n) is 8.02. The van der Waals surface area contributed by atoms with Gasteiger partial charge in [0.1, 0.15) is 11.6 Å². The summed E-state index contributed by atoms with van der Waals surface area (Å²) in [7, 11) is 0. The molecule has 0 bridgehead atoms. The highest BCUT2D eigenvalue weighted by Crippen LogP contribution is 2.25. The van der Waals surface area contributed by atoms with Crippen molar-refractivity contribution in [3.05, 3.63) is 40.6 Å². The van der Waals surface area contributed by atoms with Crippen molar-refractivity contribution in [1.29, 1.82) is 0 Å². The van der Waals surface area contributed by atoms with Gasteiger partial charge in [-0.15, -0.1) is 6.58 Å². The first-order valence-corrected chi connectivity index (χ1v) is 5.11. The Hall–Kier alpha value is -0.830. The van der Waals surface area contributed by atoms with Gasteiger partial charge >= 0.3 is 0 Å². The fraction of sp³-hybridized carbons (Fsp3) is 0.273. The predicted molar refractivity (Wildman–Crippen MR) is 59.0 cm³/mol. The summed E-state index contributed by atoms with van der Waals surface area (Å²) in [5.41, 5.74) is 1.07. The summed E-state index contributed by atoms with van der Waals surface area (Å²) in [4.78, 5) is 0. The van der Waals surface area contributed by atoms with E-state index in [1.54, 1.807) is 6.07 Å². The minimum absolute atomic E-state index is 0.274. The summed E-state index contributed by atoms with van der Waals surface area (Å²) in [6.45, 7) is 6.29. The fourth-order valence-electron chi connectivity index (χ4n) is 0.927. The molecular formula is C11H12BrFO. The lowest BCUT2D eigenvalue weighted by Crippen LogP contribution is -1.98. The third kappa shape index (κ3) is 3.50. The van der Waals surface area contributed by atoms with Crippen molar-refractivity contribution in [3.8, 4) is 5.75 Å². The highest BCUT2D eigenvalue weighted by Gasteiger charge is 2.01. The van der Waals surface area contributed by atoms with Gasteiger partial charge in [0.15, 0.2) is 0 Å². The van der Waals surface area contributed by atoms with Crippen molar-refractivity contribution in [2.24, 2.45) is 0 Å². The lowest BCUT2D eigenvalue weighted by Gasteiger charge is -2.07. The van der Waals surface area contributed by atoms with E-state index in [2.05, 4.69) is 22.5 Å². The first-order chi connectivity index (χ1) is 6.59. The van der Waals surface area contributed by atoms with E-state index in [4.69, 9.17) is 4.74 Å². The second-order valence-electron chi connectivity index (χ2n) is 3.13. The van der Waals surface area contributed by atoms with E-state index in [1.165, 1.54) is 12.1 Å². The molecule has 0 unspecified atom stereocenters. The molecule has 1 rings (SSSR count). The number of hydrogen-bond donors (Lipinski definition) is 0. The molecule has 0 aromatic heterocycles. The number of halogens is 2. The fourth-order valence-corrected chi connectivity index (χ4v) is 1.39. The molecule has 0 fully saturated rings. The van der Waals surface area contributed by atoms with Crippen molar-refractivity contribution in [3.63, 3.8) is 0 Å². The van der Waals surface area contributed by atoms with E-state index >= 15 is 0 Å². The Morgan fingerprint density at radius 1 is 1.57 bits per heavy atom. The van der Waals surface area contributed by atoms with Gasteiger partial charge in [-0.1, -0.05) is 5.57 Å². The summed E-state index contributed by atoms with van der Waals surface area (Å²) in [6, 6.07) is 4.37. The molecule has 0 spiro atoms. The van der Waals surface area contributed by atoms with Crippen molar-refractivity contribution in [2.75, 3.05) is 6.61 Å². The summed E-state index contributed by atoms with van der Waals surface area (Å²) in [6.07, 6.45) is 0.809. The van der Waals surface area contributed by atoms with Gasteiger partial charge in [-0.2, -0.15) is 0 Å². The van der Waals surface area contributed by atoms with E-state index in [0.717, 1.165) is 12.0 Å². The second kappa shape index (κ2) is 5.15. The third-order valence-electron chi connectivity index (χ3n) is 1.68. The van der Waals surface area contributed by atoms with Crippen LogP contribution in [0.5, 0.6) is 5.75 Å². The molecule has 0 saturated heterocycles. The van der Waals surface area contributed by atoms with Crippen LogP contribution in [0.25, 0.3) is 0 Å². The van der Waals surface area contributed by atoms with Gasteiger partial charge in [0.2, 0.25) is 0 Å². The molecule has 0 amide bonds. The summed E-state index contributed by atoms with van der Waals surface area (Å²) in [5.74, 6) is 0.386. The Balaban J connectivity index is 2.55. The molecule has 0 atom stereocenters. The molecule has 0 heterocycles. The molecule has 1 aromatic rings. The number of hydrogen-bond acceptors (Lipinski definition) is 1. The minimum atomic E-state index is -0.274. The second-order valence-corrected chi connectivity index (χ2v) is 3.98. The molecule has 76 valence electrons. The quantitative estimate of drug-likeness (QED) is 0.744. The number of rotatable bonds is 4. The van der Waals surface area contributed by atoms with Gasteiger partial charge in [-0.3, -0.25) is 0 Å². The molecular weight excluding hydrogens is 247 g/mol. The summed E-state index contributed by atoms with van der Waals surface area (Å²) < 4.78 is 18.8. The highest BCUT2D eigenvalue weighted by molar-refractivity contribution is 9.10. The first-order valence-electron chi connectivity index (χ1n) is 4.32. The molecule has 0 aliphatic heterocycles. The van der Waals surface area contributed by atoms with Crippen LogP contribution in [-0.2, 0) is 0 Å². The van der Waals surface area contributed by atoms with Crippen LogP contribution in [0, 0.1) is 5.82 Å². The van der Waals surface area contributed by atoms with Gasteiger partial charge in [-0.05, 0) is 41.1 Å². The molecule has 0 aliphatic carbocycles. The highest BCUT2D eigenvalue weighted by atomic mass is 79.9. The van der Waals surface area contributed by atoms with Gasteiger partial charge in [0.05, 0.1) is 11.1 Å². The lowest BCUT2D eigenvalue weighted by atomic mass is 10.2. The molecule has 0 radical (unpaired) electrons. The summed E-state index contributed by atoms with van der Waals surface area (Å²) >= 11 is 3.23. The topological polar surface area (TPSA) is 9.23 Å². The van der Waals surface area contributed by atoms with Crippen molar-refractivity contribution < 1.29 is 9.13 Å². The van der Waals surface area contributed by atoms with Crippen LogP contribution in [0.1, 0.15) is 13.3 Å². The van der Waals surface area contributed by atoms with Gasteiger partial charge < -0.3 is 4.74 Å². The Morgan fingerprint density at radius 2 is 2.29 bits per heavy atom. The average Bonchev–Trinajstić information content (AvgIpc) is 2.08. The molecule has 0 aliphatic rings. The Labute approximate surface area is 91.7 Å². The largest absolute Gasteiger partial charge is 0.492 e. The normalized spacial score (nSPS) is 9.93. The number of benzene rings is 1. The maximum absolute atomic E-state index is 12.7. The van der Waals surface area contributed by atoms with E-state index in [-0.39, 0.29) is 5.82 Å². The van der Waals surface area contributed by atoms with Crippen LogP contribution in [-0.4, -0.2) is 6.61 Å². The standard InChI is InChI=1S/C11H12BrFO/c1-8(2)5-6-14-11-4-3-9(13)7-10(11)12/h3-4,7H,1,5-6H2,2H3. The van der Waals surface area contributed by atoms with E-state index in [1.807, 2.05) is 6.92 Å². The van der Waals surface area contributed by atoms with Crippen LogP contribution < -0.4 is 4.74 Å². The average molecular weight is 259 g/mol. The van der Waals surface area contributed by atoms with Crippen LogP contribution in [0.2, 0.25) is 0 Å². The lowest BCUT2D eigenvalue weighted by molar-refractivity contribution is 0.319. The van der Waals surface area contributed by atoms with Crippen molar-refractivity contribution >= 4 is 15.9 Å². The Kier molecular flexibility index (Phi) is 4.14. The van der Waals surface area contributed by atoms with Crippen LogP contribution >= 0.6 is 15.9 Å². The maximum Gasteiger partial charge on any atom is 0.133 e. The Morgan fingerprint density at radius 3 is 2.86 bits per heavy atom. The SMILES string of the molecule is C=C(C)CCOc1ccc(F)cc1Br. The van der Waals surface area contributed by atoms with Crippen LogP contribution in [0.3, 0.4) is 0 Å². The first kappa shape index (κ1) is 11.2. The minimum Gasteiger partial charge on any atom is -0.492 e. The van der Waals surface area contributed by atoms with E-state index in [9.17, 15) is 4.39 Å². The molecule has 1 aromatic carbocycles. The summed E-state index contributed by atoms with van der Waals surface area (Å²) in [5, 5.41) is 0. The van der Waals surface area contributed by atoms with Gasteiger partial charge in [-0.25, -0.2) is 4.39 Å².